The molecule has 0 aromatic heterocycles. The number of rotatable bonds is 7. The van der Waals surface area contributed by atoms with Gasteiger partial charge in [-0.1, -0.05) is 23.7 Å². The van der Waals surface area contributed by atoms with Crippen molar-refractivity contribution >= 4 is 40.9 Å². The quantitative estimate of drug-likeness (QED) is 0.730. The number of amides is 2. The number of carbonyl (C=O) groups excluding carboxylic acids is 2. The summed E-state index contributed by atoms with van der Waals surface area (Å²) in [6.45, 7) is -0.0373. The average molecular weight is 393 g/mol. The first-order valence-electron chi connectivity index (χ1n) is 7.94. The van der Waals surface area contributed by atoms with Gasteiger partial charge in [-0.15, -0.1) is 11.8 Å². The Hall–Kier alpha value is -2.18. The predicted octanol–water partition coefficient (Wildman–Crippen LogP) is 3.71. The normalized spacial score (nSPS) is 10.3. The molecule has 2 amide bonds. The van der Waals surface area contributed by atoms with Crippen LogP contribution >= 0.6 is 23.4 Å². The van der Waals surface area contributed by atoms with Gasteiger partial charge < -0.3 is 15.0 Å². The van der Waals surface area contributed by atoms with Crippen LogP contribution in [0.2, 0.25) is 5.02 Å². The van der Waals surface area contributed by atoms with Crippen molar-refractivity contribution in [1.29, 1.82) is 0 Å². The first-order chi connectivity index (χ1) is 12.4. The zero-order valence-corrected chi connectivity index (χ0v) is 16.5. The molecule has 2 aromatic carbocycles. The molecule has 0 bridgehead atoms. The molecule has 138 valence electrons. The summed E-state index contributed by atoms with van der Waals surface area (Å²) in [6, 6.07) is 12.7. The fourth-order valence-corrected chi connectivity index (χ4v) is 3.17. The van der Waals surface area contributed by atoms with E-state index in [0.29, 0.717) is 16.3 Å². The molecular weight excluding hydrogens is 372 g/mol. The van der Waals surface area contributed by atoms with Gasteiger partial charge in [0.1, 0.15) is 5.75 Å². The number of thioether (sulfide) groups is 1. The molecule has 0 aliphatic carbocycles. The van der Waals surface area contributed by atoms with Gasteiger partial charge in [0.2, 0.25) is 11.8 Å². The van der Waals surface area contributed by atoms with E-state index in [-0.39, 0.29) is 24.8 Å². The number of nitrogens with zero attached hydrogens (tertiary/aromatic N) is 1. The average Bonchev–Trinajstić information content (AvgIpc) is 2.62. The maximum Gasteiger partial charge on any atom is 0.244 e. The van der Waals surface area contributed by atoms with Gasteiger partial charge in [0.05, 0.1) is 25.8 Å². The fourth-order valence-electron chi connectivity index (χ4n) is 2.42. The Morgan fingerprint density at radius 3 is 2.65 bits per heavy atom. The second-order valence-electron chi connectivity index (χ2n) is 5.63. The zero-order valence-electron chi connectivity index (χ0n) is 14.9. The largest absolute Gasteiger partial charge is 0.496 e. The molecule has 1 N–H and O–H groups in total. The Morgan fingerprint density at radius 2 is 1.96 bits per heavy atom. The molecular formula is C19H21ClN2O3S. The molecule has 0 saturated heterocycles. The van der Waals surface area contributed by atoms with E-state index in [9.17, 15) is 9.59 Å². The lowest BCUT2D eigenvalue weighted by Gasteiger charge is -2.18. The minimum atomic E-state index is -0.250. The standard InChI is InChI=1S/C19H21ClN2O3S/c1-22(12-18(23)21-15-6-4-5-7-17(15)26-3)19(24)11-13-10-14(20)8-9-16(13)25-2/h4-10H,11-12H2,1-3H3,(H,21,23). The predicted molar refractivity (Wildman–Crippen MR) is 106 cm³/mol. The van der Waals surface area contributed by atoms with Crippen molar-refractivity contribution in [3.63, 3.8) is 0 Å². The number of benzene rings is 2. The van der Waals surface area contributed by atoms with Gasteiger partial charge >= 0.3 is 0 Å². The molecule has 0 fully saturated rings. The number of methoxy groups -OCH3 is 1. The number of halogens is 1. The van der Waals surface area contributed by atoms with Gasteiger partial charge in [-0.2, -0.15) is 0 Å². The van der Waals surface area contributed by atoms with E-state index >= 15 is 0 Å². The number of likely N-dealkylation sites (N-methyl/N-ethyl adjacent to an activating group) is 1. The molecule has 0 heterocycles. The summed E-state index contributed by atoms with van der Waals surface area (Å²) >= 11 is 7.54. The summed E-state index contributed by atoms with van der Waals surface area (Å²) in [6.07, 6.45) is 2.05. The summed E-state index contributed by atoms with van der Waals surface area (Å²) in [5.41, 5.74) is 1.42. The van der Waals surface area contributed by atoms with E-state index in [1.54, 1.807) is 37.0 Å². The van der Waals surface area contributed by atoms with Crippen LogP contribution in [0, 0.1) is 0 Å². The van der Waals surface area contributed by atoms with Crippen molar-refractivity contribution in [2.75, 3.05) is 32.3 Å². The van der Waals surface area contributed by atoms with Gasteiger partial charge in [0.25, 0.3) is 0 Å². The van der Waals surface area contributed by atoms with E-state index in [2.05, 4.69) is 5.32 Å². The molecule has 0 unspecified atom stereocenters. The molecule has 0 aliphatic rings. The van der Waals surface area contributed by atoms with Crippen molar-refractivity contribution in [3.05, 3.63) is 53.1 Å². The van der Waals surface area contributed by atoms with Crippen molar-refractivity contribution < 1.29 is 14.3 Å². The molecule has 0 spiro atoms. The molecule has 0 saturated carbocycles. The summed E-state index contributed by atoms with van der Waals surface area (Å²) in [4.78, 5) is 27.1. The van der Waals surface area contributed by atoms with Gasteiger partial charge in [-0.05, 0) is 36.6 Å². The van der Waals surface area contributed by atoms with Crippen LogP contribution in [0.15, 0.2) is 47.4 Å². The van der Waals surface area contributed by atoms with Gasteiger partial charge in [-0.25, -0.2) is 0 Å². The first-order valence-corrected chi connectivity index (χ1v) is 9.54. The van der Waals surface area contributed by atoms with E-state index in [1.807, 2.05) is 30.5 Å². The number of ether oxygens (including phenoxy) is 1. The molecule has 5 nitrogen and oxygen atoms in total. The maximum atomic E-state index is 12.4. The van der Waals surface area contributed by atoms with Crippen LogP contribution in [0.3, 0.4) is 0 Å². The highest BCUT2D eigenvalue weighted by molar-refractivity contribution is 7.98. The smallest absolute Gasteiger partial charge is 0.244 e. The molecule has 0 radical (unpaired) electrons. The van der Waals surface area contributed by atoms with Gasteiger partial charge in [-0.3, -0.25) is 9.59 Å². The molecule has 2 rings (SSSR count). The number of nitrogens with one attached hydrogen (secondary N) is 1. The van der Waals surface area contributed by atoms with E-state index in [0.717, 1.165) is 10.6 Å². The SMILES string of the molecule is COc1ccc(Cl)cc1CC(=O)N(C)CC(=O)Nc1ccccc1SC. The molecule has 0 aliphatic heterocycles. The second kappa shape index (κ2) is 9.50. The zero-order chi connectivity index (χ0) is 19.1. The lowest BCUT2D eigenvalue weighted by molar-refractivity contribution is -0.132. The number of hydrogen-bond donors (Lipinski definition) is 1. The number of para-hydroxylation sites is 1. The Morgan fingerprint density at radius 1 is 1.23 bits per heavy atom. The third-order valence-electron chi connectivity index (χ3n) is 3.77. The number of anilines is 1. The minimum absolute atomic E-state index is 0.0373. The maximum absolute atomic E-state index is 12.4. The monoisotopic (exact) mass is 392 g/mol. The molecule has 26 heavy (non-hydrogen) atoms. The Bertz CT molecular complexity index is 798. The fraction of sp³-hybridized carbons (Fsp3) is 0.263. The molecule has 0 atom stereocenters. The summed E-state index contributed by atoms with van der Waals surface area (Å²) in [7, 11) is 3.14. The second-order valence-corrected chi connectivity index (χ2v) is 6.92. The van der Waals surface area contributed by atoms with Crippen molar-refractivity contribution in [3.8, 4) is 5.75 Å². The highest BCUT2D eigenvalue weighted by Gasteiger charge is 2.16. The van der Waals surface area contributed by atoms with Crippen molar-refractivity contribution in [2.45, 2.75) is 11.3 Å². The van der Waals surface area contributed by atoms with Crippen LogP contribution in [-0.4, -0.2) is 43.7 Å². The van der Waals surface area contributed by atoms with Crippen LogP contribution in [0.1, 0.15) is 5.56 Å². The van der Waals surface area contributed by atoms with Gasteiger partial charge in [0.15, 0.2) is 0 Å². The van der Waals surface area contributed by atoms with E-state index < -0.39 is 0 Å². The summed E-state index contributed by atoms with van der Waals surface area (Å²) in [5.74, 6) is 0.147. The van der Waals surface area contributed by atoms with Crippen molar-refractivity contribution in [1.82, 2.24) is 4.90 Å². The Kier molecular flexibility index (Phi) is 7.36. The van der Waals surface area contributed by atoms with E-state index in [1.165, 1.54) is 12.0 Å². The van der Waals surface area contributed by atoms with Crippen LogP contribution in [0.25, 0.3) is 0 Å². The first kappa shape index (κ1) is 20.1. The van der Waals surface area contributed by atoms with Crippen LogP contribution in [0.5, 0.6) is 5.75 Å². The highest BCUT2D eigenvalue weighted by atomic mass is 35.5. The topological polar surface area (TPSA) is 58.6 Å². The lowest BCUT2D eigenvalue weighted by atomic mass is 10.1. The summed E-state index contributed by atoms with van der Waals surface area (Å²) < 4.78 is 5.26. The van der Waals surface area contributed by atoms with E-state index in [4.69, 9.17) is 16.3 Å². The number of hydrogen-bond acceptors (Lipinski definition) is 4. The Balaban J connectivity index is 1.98. The van der Waals surface area contributed by atoms with Crippen LogP contribution in [-0.2, 0) is 16.0 Å². The third kappa shape index (κ3) is 5.41. The molecule has 7 heteroatoms. The van der Waals surface area contributed by atoms with Crippen LogP contribution < -0.4 is 10.1 Å². The minimum Gasteiger partial charge on any atom is -0.496 e. The van der Waals surface area contributed by atoms with Crippen molar-refractivity contribution in [2.24, 2.45) is 0 Å². The van der Waals surface area contributed by atoms with Gasteiger partial charge in [0, 0.05) is 22.5 Å². The summed E-state index contributed by atoms with van der Waals surface area (Å²) in [5, 5.41) is 3.37. The lowest BCUT2D eigenvalue weighted by Crippen LogP contribution is -2.36. The molecule has 2 aromatic rings. The highest BCUT2D eigenvalue weighted by Crippen LogP contribution is 2.25. The number of carbonyl (C=O) groups is 2. The van der Waals surface area contributed by atoms with Crippen LogP contribution in [0.4, 0.5) is 5.69 Å². The Labute approximate surface area is 162 Å². The third-order valence-corrected chi connectivity index (χ3v) is 4.80.